The Morgan fingerprint density at radius 2 is 2.00 bits per heavy atom. The zero-order chi connectivity index (χ0) is 26.6. The lowest BCUT2D eigenvalue weighted by Crippen LogP contribution is -2.48. The van der Waals surface area contributed by atoms with E-state index in [4.69, 9.17) is 4.74 Å². The minimum Gasteiger partial charge on any atom is -0.444 e. The minimum atomic E-state index is -0.527. The number of aryl methyl sites for hydroxylation is 1. The van der Waals surface area contributed by atoms with Gasteiger partial charge in [0.25, 0.3) is 5.91 Å². The van der Waals surface area contributed by atoms with Crippen molar-refractivity contribution in [3.8, 4) is 5.69 Å². The molecule has 0 spiro atoms. The van der Waals surface area contributed by atoms with Gasteiger partial charge in [0, 0.05) is 46.7 Å². The molecule has 0 aliphatic carbocycles. The number of amides is 2. The number of hydrogen-bond acceptors (Lipinski definition) is 5. The van der Waals surface area contributed by atoms with Gasteiger partial charge in [-0.3, -0.25) is 9.69 Å². The highest BCUT2D eigenvalue weighted by Gasteiger charge is 2.24. The van der Waals surface area contributed by atoms with E-state index in [1.807, 2.05) is 62.7 Å². The molecule has 0 radical (unpaired) electrons. The van der Waals surface area contributed by atoms with Crippen LogP contribution in [0, 0.1) is 6.92 Å². The summed E-state index contributed by atoms with van der Waals surface area (Å²) in [4.78, 5) is 31.9. The van der Waals surface area contributed by atoms with Crippen LogP contribution in [0.15, 0.2) is 59.5 Å². The zero-order valence-corrected chi connectivity index (χ0v) is 23.3. The average molecular weight is 569 g/mol. The first-order valence-electron chi connectivity index (χ1n) is 12.5. The highest BCUT2D eigenvalue weighted by molar-refractivity contribution is 9.10. The van der Waals surface area contributed by atoms with Crippen molar-refractivity contribution in [3.63, 3.8) is 0 Å². The van der Waals surface area contributed by atoms with Crippen LogP contribution < -0.4 is 10.6 Å². The topological polar surface area (TPSA) is 88.5 Å². The van der Waals surface area contributed by atoms with Crippen LogP contribution in [0.2, 0.25) is 0 Å². The van der Waals surface area contributed by atoms with E-state index in [-0.39, 0.29) is 18.0 Å². The molecule has 0 bridgehead atoms. The Hall–Kier alpha value is -3.17. The van der Waals surface area contributed by atoms with Gasteiger partial charge in [0.2, 0.25) is 0 Å². The third-order valence-electron chi connectivity index (χ3n) is 5.96. The Balaban J connectivity index is 1.51. The molecule has 196 valence electrons. The third-order valence-corrected chi connectivity index (χ3v) is 6.46. The lowest BCUT2D eigenvalue weighted by atomic mass is 10.0. The van der Waals surface area contributed by atoms with Gasteiger partial charge in [-0.05, 0) is 89.0 Å². The van der Waals surface area contributed by atoms with Crippen molar-refractivity contribution in [1.29, 1.82) is 0 Å². The lowest BCUT2D eigenvalue weighted by molar-refractivity contribution is 0.0470. The van der Waals surface area contributed by atoms with E-state index in [9.17, 15) is 9.59 Å². The Morgan fingerprint density at radius 3 is 2.70 bits per heavy atom. The highest BCUT2D eigenvalue weighted by atomic mass is 79.9. The Kier molecular flexibility index (Phi) is 8.34. The van der Waals surface area contributed by atoms with Gasteiger partial charge in [0.05, 0.1) is 12.0 Å². The standard InChI is InChI=1S/C28H34BrN5O3/c1-19-15-34(18-30-19)25-12-20(11-24(14-25)31-26(35)21-7-5-8-22(29)13-21)16-33-10-6-9-23(17-33)32-27(36)37-28(2,3)4/h5,7-8,11-15,18,23H,6,9-10,16-17H2,1-4H3,(H,31,35)(H,32,36). The van der Waals surface area contributed by atoms with Gasteiger partial charge in [0.15, 0.2) is 0 Å². The van der Waals surface area contributed by atoms with Crippen LogP contribution in [-0.2, 0) is 11.3 Å². The van der Waals surface area contributed by atoms with Crippen molar-refractivity contribution < 1.29 is 14.3 Å². The van der Waals surface area contributed by atoms with Crippen molar-refractivity contribution in [2.24, 2.45) is 0 Å². The number of imidazole rings is 1. The number of piperidine rings is 1. The number of aromatic nitrogens is 2. The fraction of sp³-hybridized carbons (Fsp3) is 0.393. The monoisotopic (exact) mass is 567 g/mol. The molecule has 1 unspecified atom stereocenters. The van der Waals surface area contributed by atoms with Crippen LogP contribution in [0.25, 0.3) is 5.69 Å². The molecule has 8 nitrogen and oxygen atoms in total. The Morgan fingerprint density at radius 1 is 1.19 bits per heavy atom. The maximum atomic E-state index is 13.0. The van der Waals surface area contributed by atoms with Crippen LogP contribution >= 0.6 is 15.9 Å². The molecule has 37 heavy (non-hydrogen) atoms. The molecule has 0 saturated carbocycles. The second-order valence-corrected chi connectivity index (χ2v) is 11.4. The molecule has 4 rings (SSSR count). The summed E-state index contributed by atoms with van der Waals surface area (Å²) in [6.45, 7) is 9.88. The first kappa shape index (κ1) is 26.9. The van der Waals surface area contributed by atoms with Crippen molar-refractivity contribution in [3.05, 3.63) is 76.3 Å². The molecule has 1 aliphatic rings. The number of carbonyl (C=O) groups is 2. The van der Waals surface area contributed by atoms with Crippen LogP contribution in [0.3, 0.4) is 0 Å². The van der Waals surface area contributed by atoms with E-state index in [0.29, 0.717) is 17.8 Å². The predicted molar refractivity (Wildman–Crippen MR) is 148 cm³/mol. The molecule has 1 fully saturated rings. The largest absolute Gasteiger partial charge is 0.444 e. The number of nitrogens with zero attached hydrogens (tertiary/aromatic N) is 3. The molecule has 2 amide bonds. The summed E-state index contributed by atoms with van der Waals surface area (Å²) in [6.07, 6.45) is 5.25. The lowest BCUT2D eigenvalue weighted by Gasteiger charge is -2.33. The summed E-state index contributed by atoms with van der Waals surface area (Å²) < 4.78 is 8.24. The number of alkyl carbamates (subject to hydrolysis) is 1. The summed E-state index contributed by atoms with van der Waals surface area (Å²) in [5.74, 6) is -0.175. The van der Waals surface area contributed by atoms with Gasteiger partial charge in [0.1, 0.15) is 5.60 Å². The predicted octanol–water partition coefficient (Wildman–Crippen LogP) is 5.68. The van der Waals surface area contributed by atoms with E-state index < -0.39 is 5.60 Å². The Labute approximate surface area is 226 Å². The molecule has 2 N–H and O–H groups in total. The number of carbonyl (C=O) groups excluding carboxylic acids is 2. The van der Waals surface area contributed by atoms with Crippen molar-refractivity contribution in [2.45, 2.75) is 58.7 Å². The smallest absolute Gasteiger partial charge is 0.407 e. The van der Waals surface area contributed by atoms with E-state index in [1.54, 1.807) is 18.5 Å². The number of ether oxygens (including phenoxy) is 1. The molecule has 9 heteroatoms. The number of anilines is 1. The first-order valence-corrected chi connectivity index (χ1v) is 13.3. The number of likely N-dealkylation sites (tertiary alicyclic amines) is 1. The minimum absolute atomic E-state index is 0.0266. The molecular weight excluding hydrogens is 534 g/mol. The fourth-order valence-corrected chi connectivity index (χ4v) is 4.83. The van der Waals surface area contributed by atoms with Crippen molar-refractivity contribution in [1.82, 2.24) is 19.8 Å². The number of halogens is 1. The first-order chi connectivity index (χ1) is 17.5. The SMILES string of the molecule is Cc1cn(-c2cc(CN3CCCC(NC(=O)OC(C)(C)C)C3)cc(NC(=O)c3cccc(Br)c3)c2)cn1. The molecule has 2 heterocycles. The number of nitrogens with one attached hydrogen (secondary N) is 2. The average Bonchev–Trinajstić information content (AvgIpc) is 3.24. The van der Waals surface area contributed by atoms with E-state index in [1.165, 1.54) is 0 Å². The molecule has 3 aromatic rings. The van der Waals surface area contributed by atoms with Crippen molar-refractivity contribution >= 4 is 33.6 Å². The molecule has 1 aromatic heterocycles. The van der Waals surface area contributed by atoms with E-state index >= 15 is 0 Å². The molecule has 1 aliphatic heterocycles. The van der Waals surface area contributed by atoms with Gasteiger partial charge >= 0.3 is 6.09 Å². The van der Waals surface area contributed by atoms with Gasteiger partial charge in [-0.1, -0.05) is 22.0 Å². The number of rotatable bonds is 6. The van der Waals surface area contributed by atoms with Crippen LogP contribution in [0.5, 0.6) is 0 Å². The van der Waals surface area contributed by atoms with Gasteiger partial charge in [-0.2, -0.15) is 0 Å². The second-order valence-electron chi connectivity index (χ2n) is 10.5. The summed E-state index contributed by atoms with van der Waals surface area (Å²) in [5, 5.41) is 6.07. The summed E-state index contributed by atoms with van der Waals surface area (Å²) >= 11 is 3.43. The number of benzene rings is 2. The fourth-order valence-electron chi connectivity index (χ4n) is 4.43. The summed E-state index contributed by atoms with van der Waals surface area (Å²) in [7, 11) is 0. The maximum absolute atomic E-state index is 13.0. The molecular formula is C28H34BrN5O3. The van der Waals surface area contributed by atoms with E-state index in [0.717, 1.165) is 47.3 Å². The summed E-state index contributed by atoms with van der Waals surface area (Å²) in [5.41, 5.74) is 3.66. The van der Waals surface area contributed by atoms with E-state index in [2.05, 4.69) is 42.5 Å². The van der Waals surface area contributed by atoms with Gasteiger partial charge in [-0.15, -0.1) is 0 Å². The third kappa shape index (κ3) is 7.90. The quantitative estimate of drug-likeness (QED) is 0.399. The Bertz CT molecular complexity index is 1270. The molecule has 1 atom stereocenters. The number of hydrogen-bond donors (Lipinski definition) is 2. The highest BCUT2D eigenvalue weighted by Crippen LogP contribution is 2.23. The maximum Gasteiger partial charge on any atom is 0.407 e. The summed E-state index contributed by atoms with van der Waals surface area (Å²) in [6, 6.07) is 13.4. The second kappa shape index (κ2) is 11.5. The van der Waals surface area contributed by atoms with Crippen molar-refractivity contribution in [2.75, 3.05) is 18.4 Å². The van der Waals surface area contributed by atoms with Crippen LogP contribution in [-0.4, -0.2) is 51.2 Å². The van der Waals surface area contributed by atoms with Crippen LogP contribution in [0.1, 0.15) is 55.2 Å². The molecule has 2 aromatic carbocycles. The van der Waals surface area contributed by atoms with Gasteiger partial charge < -0.3 is 19.9 Å². The molecule has 1 saturated heterocycles. The normalized spacial score (nSPS) is 16.3. The van der Waals surface area contributed by atoms with Crippen LogP contribution in [0.4, 0.5) is 10.5 Å². The van der Waals surface area contributed by atoms with Gasteiger partial charge in [-0.25, -0.2) is 9.78 Å². The zero-order valence-electron chi connectivity index (χ0n) is 21.8.